The Bertz CT molecular complexity index is 634. The van der Waals surface area contributed by atoms with Gasteiger partial charge in [0.25, 0.3) is 0 Å². The average molecular weight is 353 g/mol. The van der Waals surface area contributed by atoms with Gasteiger partial charge in [-0.05, 0) is 37.0 Å². The third kappa shape index (κ3) is 5.70. The van der Waals surface area contributed by atoms with Crippen LogP contribution in [0.2, 0.25) is 0 Å². The lowest BCUT2D eigenvalue weighted by Gasteiger charge is -2.38. The maximum atomic E-state index is 12.1. The van der Waals surface area contributed by atoms with E-state index in [2.05, 4.69) is 35.2 Å². The lowest BCUT2D eigenvalue weighted by molar-refractivity contribution is -0.117. The minimum Gasteiger partial charge on any atom is -0.310 e. The first-order valence-corrected chi connectivity index (χ1v) is 9.85. The molecule has 3 heteroatoms. The number of piperidine rings is 1. The van der Waals surface area contributed by atoms with Crippen molar-refractivity contribution < 1.29 is 4.79 Å². The molecule has 140 valence electrons. The van der Waals surface area contributed by atoms with Crippen molar-refractivity contribution in [3.05, 3.63) is 66.2 Å². The van der Waals surface area contributed by atoms with Crippen LogP contribution in [0.1, 0.15) is 39.2 Å². The average Bonchev–Trinajstić information content (AvgIpc) is 2.70. The van der Waals surface area contributed by atoms with Crippen LogP contribution in [0, 0.1) is 0 Å². The molecule has 0 radical (unpaired) electrons. The van der Waals surface area contributed by atoms with Gasteiger partial charge in [-0.2, -0.15) is 0 Å². The fourth-order valence-electron chi connectivity index (χ4n) is 3.57. The third-order valence-electron chi connectivity index (χ3n) is 4.86. The maximum absolute atomic E-state index is 12.1. The van der Waals surface area contributed by atoms with Crippen LogP contribution in [-0.4, -0.2) is 36.5 Å². The largest absolute Gasteiger partial charge is 0.310 e. The van der Waals surface area contributed by atoms with E-state index >= 15 is 0 Å². The molecule has 1 amide bonds. The van der Waals surface area contributed by atoms with Crippen LogP contribution in [0.3, 0.4) is 0 Å². The molecule has 26 heavy (non-hydrogen) atoms. The first-order chi connectivity index (χ1) is 12.7. The minimum absolute atomic E-state index is 0.143. The summed E-state index contributed by atoms with van der Waals surface area (Å²) in [5, 5.41) is 0. The summed E-state index contributed by atoms with van der Waals surface area (Å²) in [6.07, 6.45) is 3.19. The second-order valence-corrected chi connectivity index (χ2v) is 6.53. The second kappa shape index (κ2) is 10.8. The molecule has 0 N–H and O–H groups in total. The Morgan fingerprint density at radius 3 is 2.04 bits per heavy atom. The third-order valence-corrected chi connectivity index (χ3v) is 4.86. The molecule has 2 aromatic rings. The van der Waals surface area contributed by atoms with E-state index in [9.17, 15) is 4.79 Å². The van der Waals surface area contributed by atoms with Gasteiger partial charge in [0.2, 0.25) is 5.91 Å². The lowest BCUT2D eigenvalue weighted by Crippen LogP contribution is -2.47. The van der Waals surface area contributed by atoms with E-state index in [1.165, 1.54) is 5.56 Å². The second-order valence-electron chi connectivity index (χ2n) is 6.53. The van der Waals surface area contributed by atoms with Gasteiger partial charge >= 0.3 is 0 Å². The van der Waals surface area contributed by atoms with E-state index in [0.29, 0.717) is 6.04 Å². The predicted molar refractivity (Wildman–Crippen MR) is 111 cm³/mol. The highest BCUT2D eigenvalue weighted by Crippen LogP contribution is 2.24. The number of rotatable bonds is 5. The van der Waals surface area contributed by atoms with Crippen molar-refractivity contribution >= 4 is 11.6 Å². The summed E-state index contributed by atoms with van der Waals surface area (Å²) in [5.74, 6) is 0.143. The summed E-state index contributed by atoms with van der Waals surface area (Å²) >= 11 is 0. The number of para-hydroxylation sites is 1. The smallest absolute Gasteiger partial charge is 0.224 e. The molecular weight excluding hydrogens is 320 g/mol. The Morgan fingerprint density at radius 2 is 1.50 bits per heavy atom. The van der Waals surface area contributed by atoms with E-state index in [4.69, 9.17) is 0 Å². The van der Waals surface area contributed by atoms with Gasteiger partial charge in [-0.15, -0.1) is 0 Å². The molecule has 1 aliphatic heterocycles. The molecule has 1 fully saturated rings. The van der Waals surface area contributed by atoms with Crippen LogP contribution in [0.15, 0.2) is 60.7 Å². The molecule has 0 aliphatic carbocycles. The van der Waals surface area contributed by atoms with E-state index in [1.54, 1.807) is 6.92 Å². The number of hydrogen-bond donors (Lipinski definition) is 0. The molecule has 2 aromatic carbocycles. The Balaban J connectivity index is 0.00000117. The number of anilines is 1. The Kier molecular flexibility index (Phi) is 8.36. The minimum atomic E-state index is 0.143. The summed E-state index contributed by atoms with van der Waals surface area (Å²) in [6, 6.07) is 21.0. The van der Waals surface area contributed by atoms with Crippen LogP contribution in [-0.2, 0) is 11.2 Å². The van der Waals surface area contributed by atoms with Crippen molar-refractivity contribution in [2.24, 2.45) is 0 Å². The number of carbonyl (C=O) groups is 1. The topological polar surface area (TPSA) is 23.6 Å². The van der Waals surface area contributed by atoms with E-state index < -0.39 is 0 Å². The van der Waals surface area contributed by atoms with Crippen molar-refractivity contribution in [1.82, 2.24) is 4.90 Å². The van der Waals surface area contributed by atoms with Gasteiger partial charge in [0.1, 0.15) is 0 Å². The van der Waals surface area contributed by atoms with E-state index in [-0.39, 0.29) is 5.91 Å². The zero-order valence-corrected chi connectivity index (χ0v) is 16.4. The molecular formula is C23H32N2O. The Labute approximate surface area is 158 Å². The van der Waals surface area contributed by atoms with Gasteiger partial charge in [-0.1, -0.05) is 62.4 Å². The molecule has 3 nitrogen and oxygen atoms in total. The van der Waals surface area contributed by atoms with Crippen LogP contribution < -0.4 is 4.90 Å². The number of benzene rings is 2. The van der Waals surface area contributed by atoms with Crippen molar-refractivity contribution in [3.8, 4) is 0 Å². The highest BCUT2D eigenvalue weighted by molar-refractivity contribution is 5.92. The quantitative estimate of drug-likeness (QED) is 0.773. The van der Waals surface area contributed by atoms with Crippen molar-refractivity contribution in [2.45, 2.75) is 46.1 Å². The highest BCUT2D eigenvalue weighted by atomic mass is 16.2. The summed E-state index contributed by atoms with van der Waals surface area (Å²) in [6.45, 7) is 8.90. The van der Waals surface area contributed by atoms with Gasteiger partial charge in [0, 0.05) is 38.3 Å². The standard InChI is InChI=1S/C21H26N2O.C2H6/c1-18(24)23(20-10-6-3-7-11-20)21-13-16-22(17-14-21)15-12-19-8-4-2-5-9-19;1-2/h2-11,21H,12-17H2,1H3;1-2H3. The number of hydrogen-bond acceptors (Lipinski definition) is 2. The molecule has 0 saturated carbocycles. The fourth-order valence-corrected chi connectivity index (χ4v) is 3.57. The molecule has 1 heterocycles. The number of amides is 1. The molecule has 0 spiro atoms. The molecule has 1 aliphatic rings. The van der Waals surface area contributed by atoms with Gasteiger partial charge in [-0.3, -0.25) is 4.79 Å². The maximum Gasteiger partial charge on any atom is 0.224 e. The zero-order valence-electron chi connectivity index (χ0n) is 16.4. The van der Waals surface area contributed by atoms with Gasteiger partial charge in [0.05, 0.1) is 0 Å². The molecule has 0 bridgehead atoms. The monoisotopic (exact) mass is 352 g/mol. The van der Waals surface area contributed by atoms with Gasteiger partial charge < -0.3 is 9.80 Å². The fraction of sp³-hybridized carbons (Fsp3) is 0.435. The predicted octanol–water partition coefficient (Wildman–Crippen LogP) is 4.77. The molecule has 3 rings (SSSR count). The SMILES string of the molecule is CC.CC(=O)N(c1ccccc1)C1CCN(CCc2ccccc2)CC1. The number of nitrogens with zero attached hydrogens (tertiary/aromatic N) is 2. The van der Waals surface area contributed by atoms with Crippen molar-refractivity contribution in [1.29, 1.82) is 0 Å². The van der Waals surface area contributed by atoms with Crippen LogP contribution in [0.4, 0.5) is 5.69 Å². The number of likely N-dealkylation sites (tertiary alicyclic amines) is 1. The van der Waals surface area contributed by atoms with Crippen LogP contribution >= 0.6 is 0 Å². The molecule has 0 unspecified atom stereocenters. The Hall–Kier alpha value is -2.13. The molecule has 0 aromatic heterocycles. The van der Waals surface area contributed by atoms with Crippen molar-refractivity contribution in [3.63, 3.8) is 0 Å². The van der Waals surface area contributed by atoms with Crippen LogP contribution in [0.25, 0.3) is 0 Å². The van der Waals surface area contributed by atoms with Gasteiger partial charge in [0.15, 0.2) is 0 Å². The number of carbonyl (C=O) groups excluding carboxylic acids is 1. The van der Waals surface area contributed by atoms with Crippen LogP contribution in [0.5, 0.6) is 0 Å². The summed E-state index contributed by atoms with van der Waals surface area (Å²) in [7, 11) is 0. The summed E-state index contributed by atoms with van der Waals surface area (Å²) < 4.78 is 0. The first-order valence-electron chi connectivity index (χ1n) is 9.85. The lowest BCUT2D eigenvalue weighted by atomic mass is 10.0. The summed E-state index contributed by atoms with van der Waals surface area (Å²) in [5.41, 5.74) is 2.42. The normalized spacial score (nSPS) is 15.0. The zero-order chi connectivity index (χ0) is 18.8. The van der Waals surface area contributed by atoms with Gasteiger partial charge in [-0.25, -0.2) is 0 Å². The Morgan fingerprint density at radius 1 is 0.962 bits per heavy atom. The summed E-state index contributed by atoms with van der Waals surface area (Å²) in [4.78, 5) is 16.6. The first kappa shape index (κ1) is 20.2. The molecule has 1 saturated heterocycles. The van der Waals surface area contributed by atoms with E-state index in [0.717, 1.165) is 44.6 Å². The highest BCUT2D eigenvalue weighted by Gasteiger charge is 2.27. The van der Waals surface area contributed by atoms with Crippen molar-refractivity contribution in [2.75, 3.05) is 24.5 Å². The van der Waals surface area contributed by atoms with E-state index in [1.807, 2.05) is 49.1 Å². The molecule has 0 atom stereocenters.